The van der Waals surface area contributed by atoms with E-state index in [4.69, 9.17) is 0 Å². The van der Waals surface area contributed by atoms with Crippen molar-refractivity contribution in [3.8, 4) is 0 Å². The van der Waals surface area contributed by atoms with E-state index in [9.17, 15) is 0 Å². The Labute approximate surface area is 68.9 Å². The average Bonchev–Trinajstić information content (AvgIpc) is 2.03. The molecule has 11 heavy (non-hydrogen) atoms. The van der Waals surface area contributed by atoms with Crippen molar-refractivity contribution in [2.45, 2.75) is 20.8 Å². The first-order valence-electron chi connectivity index (χ1n) is 3.70. The van der Waals surface area contributed by atoms with Crippen LogP contribution < -0.4 is 0 Å². The third-order valence-electron chi connectivity index (χ3n) is 1.50. The van der Waals surface area contributed by atoms with Crippen LogP contribution in [0.5, 0.6) is 0 Å². The van der Waals surface area contributed by atoms with Crippen LogP contribution in [0.1, 0.15) is 20.8 Å². The van der Waals surface area contributed by atoms with Crippen molar-refractivity contribution in [1.29, 1.82) is 0 Å². The van der Waals surface area contributed by atoms with Crippen LogP contribution in [0.3, 0.4) is 0 Å². The van der Waals surface area contributed by atoms with Crippen LogP contribution in [0.2, 0.25) is 0 Å². The molecule has 0 atom stereocenters. The molecule has 0 saturated carbocycles. The van der Waals surface area contributed by atoms with Gasteiger partial charge in [-0.15, -0.1) is 5.73 Å². The highest BCUT2D eigenvalue weighted by molar-refractivity contribution is 5.97. The van der Waals surface area contributed by atoms with Crippen molar-refractivity contribution in [2.24, 2.45) is 4.99 Å². The molecule has 0 spiro atoms. The normalized spacial score (nSPS) is 12.4. The van der Waals surface area contributed by atoms with Gasteiger partial charge in [0.15, 0.2) is 0 Å². The average molecular weight is 149 g/mol. The lowest BCUT2D eigenvalue weighted by molar-refractivity contribution is 1.39. The maximum atomic E-state index is 4.06. The van der Waals surface area contributed by atoms with Crippen LogP contribution in [0, 0.1) is 0 Å². The molecule has 60 valence electrons. The molecule has 0 saturated heterocycles. The summed E-state index contributed by atoms with van der Waals surface area (Å²) in [7, 11) is 1.80. The number of aliphatic imine (C=N–C) groups is 1. The molecule has 0 radical (unpaired) electrons. The minimum atomic E-state index is 1.07. The fraction of sp³-hybridized carbons (Fsp3) is 0.400. The van der Waals surface area contributed by atoms with E-state index in [1.54, 1.807) is 7.05 Å². The van der Waals surface area contributed by atoms with Gasteiger partial charge in [-0.05, 0) is 44.6 Å². The highest BCUT2D eigenvalue weighted by Crippen LogP contribution is 1.95. The van der Waals surface area contributed by atoms with Crippen LogP contribution in [-0.4, -0.2) is 12.8 Å². The van der Waals surface area contributed by atoms with Crippen LogP contribution in [0.15, 0.2) is 34.5 Å². The predicted molar refractivity (Wildman–Crippen MR) is 51.1 cm³/mol. The fourth-order valence-electron chi connectivity index (χ4n) is 0.566. The van der Waals surface area contributed by atoms with Gasteiger partial charge in [-0.25, -0.2) is 0 Å². The van der Waals surface area contributed by atoms with E-state index < -0.39 is 0 Å². The summed E-state index contributed by atoms with van der Waals surface area (Å²) in [5.41, 5.74) is 5.23. The summed E-state index contributed by atoms with van der Waals surface area (Å²) >= 11 is 0. The Morgan fingerprint density at radius 1 is 1.36 bits per heavy atom. The zero-order chi connectivity index (χ0) is 8.69. The van der Waals surface area contributed by atoms with Gasteiger partial charge in [-0.3, -0.25) is 4.99 Å². The summed E-state index contributed by atoms with van der Waals surface area (Å²) in [5.74, 6) is 0. The number of hydrogen-bond donors (Lipinski definition) is 0. The number of allylic oxidation sites excluding steroid dienone is 3. The lowest BCUT2D eigenvalue weighted by Gasteiger charge is -1.94. The second-order valence-electron chi connectivity index (χ2n) is 2.28. The van der Waals surface area contributed by atoms with Crippen LogP contribution in [0.4, 0.5) is 0 Å². The van der Waals surface area contributed by atoms with E-state index in [1.807, 2.05) is 39.0 Å². The minimum absolute atomic E-state index is 1.07. The fourth-order valence-corrected chi connectivity index (χ4v) is 0.566. The van der Waals surface area contributed by atoms with Gasteiger partial charge < -0.3 is 0 Å². The first-order chi connectivity index (χ1) is 5.22. The van der Waals surface area contributed by atoms with E-state index >= 15 is 0 Å². The molecule has 0 heterocycles. The monoisotopic (exact) mass is 149 g/mol. The zero-order valence-electron chi connectivity index (χ0n) is 7.68. The molecular formula is C10H15N. The van der Waals surface area contributed by atoms with Crippen molar-refractivity contribution in [3.05, 3.63) is 29.5 Å². The molecule has 0 amide bonds. The van der Waals surface area contributed by atoms with Gasteiger partial charge in [0.2, 0.25) is 0 Å². The summed E-state index contributed by atoms with van der Waals surface area (Å²) in [6.07, 6.45) is 5.77. The highest BCUT2D eigenvalue weighted by atomic mass is 14.7. The van der Waals surface area contributed by atoms with Crippen molar-refractivity contribution >= 4 is 5.71 Å². The largest absolute Gasteiger partial charge is 0.293 e. The van der Waals surface area contributed by atoms with E-state index in [0.717, 1.165) is 5.71 Å². The Kier molecular flexibility index (Phi) is 5.14. The summed E-state index contributed by atoms with van der Waals surface area (Å²) < 4.78 is 0. The Balaban J connectivity index is 4.35. The summed E-state index contributed by atoms with van der Waals surface area (Å²) in [5, 5.41) is 0. The molecular weight excluding hydrogens is 134 g/mol. The molecule has 0 unspecified atom stereocenters. The number of rotatable bonds is 2. The number of hydrogen-bond acceptors (Lipinski definition) is 1. The van der Waals surface area contributed by atoms with Gasteiger partial charge >= 0.3 is 0 Å². The molecule has 1 nitrogen and oxygen atoms in total. The van der Waals surface area contributed by atoms with Crippen LogP contribution in [-0.2, 0) is 0 Å². The van der Waals surface area contributed by atoms with Crippen LogP contribution in [0.25, 0.3) is 0 Å². The molecule has 0 rings (SSSR count). The van der Waals surface area contributed by atoms with E-state index in [-0.39, 0.29) is 0 Å². The van der Waals surface area contributed by atoms with Gasteiger partial charge in [-0.1, -0.05) is 0 Å². The Morgan fingerprint density at radius 3 is 2.45 bits per heavy atom. The maximum Gasteiger partial charge on any atom is 0.0343 e. The third-order valence-corrected chi connectivity index (χ3v) is 1.50. The topological polar surface area (TPSA) is 12.4 Å². The predicted octanol–water partition coefficient (Wildman–Crippen LogP) is 2.75. The first-order valence-corrected chi connectivity index (χ1v) is 3.70. The van der Waals surface area contributed by atoms with Gasteiger partial charge in [0.05, 0.1) is 0 Å². The number of nitrogens with zero attached hydrogens (tertiary/aromatic N) is 1. The molecule has 0 N–H and O–H groups in total. The minimum Gasteiger partial charge on any atom is -0.293 e. The second kappa shape index (κ2) is 5.70. The van der Waals surface area contributed by atoms with Crippen molar-refractivity contribution in [3.63, 3.8) is 0 Å². The van der Waals surface area contributed by atoms with Gasteiger partial charge in [0.25, 0.3) is 0 Å². The highest BCUT2D eigenvalue weighted by Gasteiger charge is 1.88. The van der Waals surface area contributed by atoms with E-state index in [0.29, 0.717) is 0 Å². The molecule has 0 aromatic heterocycles. The van der Waals surface area contributed by atoms with Gasteiger partial charge in [0.1, 0.15) is 0 Å². The third kappa shape index (κ3) is 4.35. The van der Waals surface area contributed by atoms with Gasteiger partial charge in [0, 0.05) is 12.8 Å². The SMILES string of the molecule is CC=C=C/C=C(\C)C(C)=NC. The molecule has 1 heteroatoms. The lowest BCUT2D eigenvalue weighted by atomic mass is 10.2. The Morgan fingerprint density at radius 2 is 2.00 bits per heavy atom. The van der Waals surface area contributed by atoms with Crippen molar-refractivity contribution in [1.82, 2.24) is 0 Å². The van der Waals surface area contributed by atoms with E-state index in [1.165, 1.54) is 5.57 Å². The first kappa shape index (κ1) is 9.93. The summed E-state index contributed by atoms with van der Waals surface area (Å²) in [4.78, 5) is 4.06. The standard InChI is InChI=1S/C10H15N/c1-5-6-7-8-9(2)10(3)11-4/h5,7-8H,1-4H3/b9-8+,11-10?. The maximum absolute atomic E-state index is 4.06. The van der Waals surface area contributed by atoms with Crippen molar-refractivity contribution < 1.29 is 0 Å². The summed E-state index contributed by atoms with van der Waals surface area (Å²) in [6.45, 7) is 5.98. The molecule has 0 fully saturated rings. The van der Waals surface area contributed by atoms with Crippen molar-refractivity contribution in [2.75, 3.05) is 7.05 Å². The second-order valence-corrected chi connectivity index (χ2v) is 2.28. The van der Waals surface area contributed by atoms with Crippen LogP contribution >= 0.6 is 0 Å². The molecule has 0 aromatic rings. The molecule has 0 aliphatic rings. The quantitative estimate of drug-likeness (QED) is 0.325. The smallest absolute Gasteiger partial charge is 0.0343 e. The molecule has 0 bridgehead atoms. The molecule has 0 aliphatic heterocycles. The zero-order valence-corrected chi connectivity index (χ0v) is 7.68. The Hall–Kier alpha value is -1.07. The van der Waals surface area contributed by atoms with E-state index in [2.05, 4.69) is 10.7 Å². The lowest BCUT2D eigenvalue weighted by Crippen LogP contribution is -1.90. The molecule has 0 aliphatic carbocycles. The van der Waals surface area contributed by atoms with Gasteiger partial charge in [-0.2, -0.15) is 0 Å². The Bertz CT molecular complexity index is 225. The molecule has 0 aromatic carbocycles. The summed E-state index contributed by atoms with van der Waals surface area (Å²) in [6, 6.07) is 0.